The van der Waals surface area contributed by atoms with Gasteiger partial charge in [0.15, 0.2) is 0 Å². The number of nitrogen functional groups attached to an aromatic ring is 2. The summed E-state index contributed by atoms with van der Waals surface area (Å²) in [6.45, 7) is 1.83. The summed E-state index contributed by atoms with van der Waals surface area (Å²) in [6, 6.07) is 1.68. The van der Waals surface area contributed by atoms with Crippen LogP contribution in [0, 0.1) is 6.92 Å². The van der Waals surface area contributed by atoms with Crippen LogP contribution in [0.25, 0.3) is 0 Å². The summed E-state index contributed by atoms with van der Waals surface area (Å²) >= 11 is 0. The third-order valence-electron chi connectivity index (χ3n) is 1.22. The van der Waals surface area contributed by atoms with Crippen LogP contribution in [0.2, 0.25) is 0 Å². The highest BCUT2D eigenvalue weighted by molar-refractivity contribution is 5.64. The highest BCUT2D eigenvalue weighted by Gasteiger charge is 1.95. The molecule has 1 rings (SSSR count). The van der Waals surface area contributed by atoms with Crippen LogP contribution in [0.3, 0.4) is 0 Å². The Balaban J connectivity index is 3.25. The number of pyridine rings is 1. The second-order valence-electron chi connectivity index (χ2n) is 1.90. The molecule has 0 atom stereocenters. The van der Waals surface area contributed by atoms with Crippen molar-refractivity contribution in [2.75, 3.05) is 11.5 Å². The predicted octanol–water partition coefficient (Wildman–Crippen LogP) is 0.554. The molecule has 4 N–H and O–H groups in total. The lowest BCUT2D eigenvalue weighted by molar-refractivity contribution is 1.21. The fraction of sp³-hybridized carbons (Fsp3) is 0.167. The summed E-state index contributed by atoms with van der Waals surface area (Å²) in [4.78, 5) is 3.93. The van der Waals surface area contributed by atoms with Gasteiger partial charge in [-0.1, -0.05) is 0 Å². The zero-order valence-corrected chi connectivity index (χ0v) is 5.26. The van der Waals surface area contributed by atoms with Gasteiger partial charge in [0.05, 0.1) is 17.1 Å². The molecule has 0 spiro atoms. The topological polar surface area (TPSA) is 64.9 Å². The first-order chi connectivity index (χ1) is 4.22. The molecule has 0 unspecified atom stereocenters. The molecule has 0 fully saturated rings. The van der Waals surface area contributed by atoms with E-state index in [-0.39, 0.29) is 0 Å². The third kappa shape index (κ3) is 0.937. The van der Waals surface area contributed by atoms with Crippen molar-refractivity contribution in [3.8, 4) is 0 Å². The highest BCUT2D eigenvalue weighted by Crippen LogP contribution is 2.14. The number of anilines is 2. The van der Waals surface area contributed by atoms with E-state index in [1.165, 1.54) is 0 Å². The molecule has 0 aliphatic rings. The first kappa shape index (κ1) is 5.88. The van der Waals surface area contributed by atoms with Crippen molar-refractivity contribution in [1.82, 2.24) is 4.98 Å². The molecule has 0 saturated carbocycles. The quantitative estimate of drug-likeness (QED) is 0.529. The van der Waals surface area contributed by atoms with Gasteiger partial charge in [-0.15, -0.1) is 0 Å². The normalized spacial score (nSPS) is 9.44. The molecule has 1 aromatic heterocycles. The molecular formula is C6H9N3. The minimum Gasteiger partial charge on any atom is -0.397 e. The van der Waals surface area contributed by atoms with Gasteiger partial charge in [0.1, 0.15) is 0 Å². The van der Waals surface area contributed by atoms with E-state index >= 15 is 0 Å². The van der Waals surface area contributed by atoms with Gasteiger partial charge >= 0.3 is 0 Å². The minimum absolute atomic E-state index is 0.581. The Hall–Kier alpha value is -1.25. The van der Waals surface area contributed by atoms with Crippen LogP contribution in [0.15, 0.2) is 12.3 Å². The van der Waals surface area contributed by atoms with Crippen molar-refractivity contribution in [1.29, 1.82) is 0 Å². The molecule has 0 saturated heterocycles. The smallest absolute Gasteiger partial charge is 0.0763 e. The molecule has 0 aliphatic heterocycles. The molecule has 9 heavy (non-hydrogen) atoms. The first-order valence-corrected chi connectivity index (χ1v) is 2.68. The van der Waals surface area contributed by atoms with Gasteiger partial charge in [-0.05, 0) is 13.0 Å². The number of rotatable bonds is 0. The van der Waals surface area contributed by atoms with Crippen LogP contribution in [0.4, 0.5) is 11.4 Å². The summed E-state index contributed by atoms with van der Waals surface area (Å²) in [5, 5.41) is 0. The zero-order valence-electron chi connectivity index (χ0n) is 5.26. The molecule has 3 nitrogen and oxygen atoms in total. The Morgan fingerprint density at radius 1 is 1.44 bits per heavy atom. The molecule has 0 radical (unpaired) electrons. The number of hydrogen-bond donors (Lipinski definition) is 2. The fourth-order valence-corrected chi connectivity index (χ4v) is 0.598. The summed E-state index contributed by atoms with van der Waals surface area (Å²) < 4.78 is 0. The summed E-state index contributed by atoms with van der Waals surface area (Å²) in [6.07, 6.45) is 1.64. The maximum absolute atomic E-state index is 5.49. The van der Waals surface area contributed by atoms with Crippen molar-refractivity contribution in [3.05, 3.63) is 18.0 Å². The van der Waals surface area contributed by atoms with Crippen LogP contribution < -0.4 is 11.5 Å². The highest BCUT2D eigenvalue weighted by atomic mass is 14.8. The Bertz CT molecular complexity index is 199. The average molecular weight is 123 g/mol. The van der Waals surface area contributed by atoms with Crippen LogP contribution in [-0.2, 0) is 0 Å². The van der Waals surface area contributed by atoms with Crippen molar-refractivity contribution >= 4 is 11.4 Å². The standard InChI is InChI=1S/C6H9N3/c1-4-6(8)5(7)2-3-9-4/h2-3H,8H2,1H3,(H2,7,9). The van der Waals surface area contributed by atoms with E-state index in [0.29, 0.717) is 11.4 Å². The Morgan fingerprint density at radius 2 is 2.11 bits per heavy atom. The first-order valence-electron chi connectivity index (χ1n) is 2.68. The zero-order chi connectivity index (χ0) is 6.85. The summed E-state index contributed by atoms with van der Waals surface area (Å²) in [7, 11) is 0. The lowest BCUT2D eigenvalue weighted by Crippen LogP contribution is -1.97. The Morgan fingerprint density at radius 3 is 2.56 bits per heavy atom. The summed E-state index contributed by atoms with van der Waals surface area (Å²) in [5.74, 6) is 0. The maximum Gasteiger partial charge on any atom is 0.0763 e. The van der Waals surface area contributed by atoms with Crippen LogP contribution in [0.5, 0.6) is 0 Å². The second kappa shape index (κ2) is 1.93. The molecule has 0 bridgehead atoms. The van der Waals surface area contributed by atoms with Gasteiger partial charge in [0, 0.05) is 6.20 Å². The molecule has 48 valence electrons. The van der Waals surface area contributed by atoms with E-state index in [4.69, 9.17) is 11.5 Å². The van der Waals surface area contributed by atoms with E-state index in [9.17, 15) is 0 Å². The predicted molar refractivity (Wildman–Crippen MR) is 37.8 cm³/mol. The van der Waals surface area contributed by atoms with Gasteiger partial charge in [0.25, 0.3) is 0 Å². The van der Waals surface area contributed by atoms with E-state index in [0.717, 1.165) is 5.69 Å². The average Bonchev–Trinajstić information content (AvgIpc) is 1.83. The SMILES string of the molecule is Cc1nccc(N)c1N. The molecule has 1 aromatic rings. The largest absolute Gasteiger partial charge is 0.397 e. The van der Waals surface area contributed by atoms with E-state index in [1.807, 2.05) is 6.92 Å². The lowest BCUT2D eigenvalue weighted by atomic mass is 10.3. The Kier molecular flexibility index (Phi) is 1.26. The van der Waals surface area contributed by atoms with E-state index in [2.05, 4.69) is 4.98 Å². The maximum atomic E-state index is 5.49. The van der Waals surface area contributed by atoms with Gasteiger partial charge in [-0.2, -0.15) is 0 Å². The van der Waals surface area contributed by atoms with Gasteiger partial charge < -0.3 is 11.5 Å². The summed E-state index contributed by atoms with van der Waals surface area (Å²) in [5.41, 5.74) is 12.9. The van der Waals surface area contributed by atoms with Crippen LogP contribution in [-0.4, -0.2) is 4.98 Å². The molecule has 1 heterocycles. The number of nitrogens with zero attached hydrogens (tertiary/aromatic N) is 1. The minimum atomic E-state index is 0.581. The number of nitrogens with two attached hydrogens (primary N) is 2. The molecular weight excluding hydrogens is 114 g/mol. The van der Waals surface area contributed by atoms with Gasteiger partial charge in [0.2, 0.25) is 0 Å². The third-order valence-corrected chi connectivity index (χ3v) is 1.22. The van der Waals surface area contributed by atoms with Crippen molar-refractivity contribution in [3.63, 3.8) is 0 Å². The molecule has 0 aromatic carbocycles. The van der Waals surface area contributed by atoms with Crippen LogP contribution in [0.1, 0.15) is 5.69 Å². The lowest BCUT2D eigenvalue weighted by Gasteiger charge is -1.99. The van der Waals surface area contributed by atoms with E-state index in [1.54, 1.807) is 12.3 Å². The Labute approximate surface area is 53.7 Å². The van der Waals surface area contributed by atoms with Crippen molar-refractivity contribution in [2.24, 2.45) is 0 Å². The van der Waals surface area contributed by atoms with Crippen molar-refractivity contribution < 1.29 is 0 Å². The monoisotopic (exact) mass is 123 g/mol. The number of aryl methyl sites for hydroxylation is 1. The number of aromatic nitrogens is 1. The number of hydrogen-bond acceptors (Lipinski definition) is 3. The van der Waals surface area contributed by atoms with Gasteiger partial charge in [-0.25, -0.2) is 0 Å². The van der Waals surface area contributed by atoms with Crippen LogP contribution >= 0.6 is 0 Å². The van der Waals surface area contributed by atoms with Gasteiger partial charge in [-0.3, -0.25) is 4.98 Å². The molecule has 0 aliphatic carbocycles. The molecule has 3 heteroatoms. The van der Waals surface area contributed by atoms with Crippen molar-refractivity contribution in [2.45, 2.75) is 6.92 Å². The second-order valence-corrected chi connectivity index (χ2v) is 1.90. The fourth-order valence-electron chi connectivity index (χ4n) is 0.598. The molecule has 0 amide bonds. The van der Waals surface area contributed by atoms with E-state index < -0.39 is 0 Å².